The van der Waals surface area contributed by atoms with Gasteiger partial charge in [0.05, 0.1) is 28.6 Å². The maximum atomic E-state index is 13.4. The Kier molecular flexibility index (Phi) is 5.79. The second-order valence-electron chi connectivity index (χ2n) is 8.70. The summed E-state index contributed by atoms with van der Waals surface area (Å²) < 4.78 is 0. The van der Waals surface area contributed by atoms with Crippen molar-refractivity contribution < 1.29 is 4.79 Å². The van der Waals surface area contributed by atoms with Crippen molar-refractivity contribution in [1.29, 1.82) is 0 Å². The van der Waals surface area contributed by atoms with Gasteiger partial charge in [0.1, 0.15) is 5.82 Å². The Morgan fingerprint density at radius 1 is 0.694 bits per heavy atom. The lowest BCUT2D eigenvalue weighted by atomic mass is 10.0. The van der Waals surface area contributed by atoms with Crippen molar-refractivity contribution in [1.82, 2.24) is 24.8 Å². The monoisotopic (exact) mass is 472 g/mol. The molecule has 36 heavy (non-hydrogen) atoms. The van der Waals surface area contributed by atoms with Crippen LogP contribution in [0.25, 0.3) is 33.5 Å². The highest BCUT2D eigenvalue weighted by Gasteiger charge is 2.23. The van der Waals surface area contributed by atoms with Crippen LogP contribution in [0.4, 0.5) is 5.82 Å². The van der Waals surface area contributed by atoms with E-state index in [2.05, 4.69) is 14.9 Å². The summed E-state index contributed by atoms with van der Waals surface area (Å²) in [5.41, 5.74) is 5.71. The second-order valence-corrected chi connectivity index (χ2v) is 8.70. The Morgan fingerprint density at radius 3 is 1.94 bits per heavy atom. The number of amides is 1. The van der Waals surface area contributed by atoms with Gasteiger partial charge in [-0.25, -0.2) is 15.0 Å². The number of hydrogen-bond donors (Lipinski definition) is 0. The van der Waals surface area contributed by atoms with Crippen molar-refractivity contribution >= 4 is 22.8 Å². The molecule has 0 unspecified atom stereocenters. The van der Waals surface area contributed by atoms with E-state index in [-0.39, 0.29) is 5.91 Å². The SMILES string of the molecule is O=C(c1ccc2nc(-c3ccccc3)c(-c3ccccc3)nc2c1)N1CCN(c2cnccn2)CC1. The summed E-state index contributed by atoms with van der Waals surface area (Å²) in [5.74, 6) is 0.846. The molecule has 7 heteroatoms. The van der Waals surface area contributed by atoms with E-state index in [1.165, 1.54) is 0 Å². The van der Waals surface area contributed by atoms with Crippen LogP contribution in [-0.2, 0) is 0 Å². The van der Waals surface area contributed by atoms with Crippen LogP contribution < -0.4 is 4.90 Å². The summed E-state index contributed by atoms with van der Waals surface area (Å²) in [6.07, 6.45) is 5.11. The van der Waals surface area contributed by atoms with Crippen LogP contribution in [-0.4, -0.2) is 56.9 Å². The van der Waals surface area contributed by atoms with Crippen molar-refractivity contribution in [2.24, 2.45) is 0 Å². The molecule has 176 valence electrons. The number of piperazine rings is 1. The summed E-state index contributed by atoms with van der Waals surface area (Å²) in [5, 5.41) is 0. The Bertz CT molecular complexity index is 1500. The van der Waals surface area contributed by atoms with E-state index in [0.29, 0.717) is 24.2 Å². The number of nitrogens with zero attached hydrogens (tertiary/aromatic N) is 6. The van der Waals surface area contributed by atoms with Gasteiger partial charge in [-0.1, -0.05) is 60.7 Å². The van der Waals surface area contributed by atoms with E-state index in [4.69, 9.17) is 9.97 Å². The number of benzene rings is 3. The zero-order valence-electron chi connectivity index (χ0n) is 19.7. The Labute approximate surface area is 209 Å². The molecule has 0 N–H and O–H groups in total. The molecule has 5 aromatic rings. The summed E-state index contributed by atoms with van der Waals surface area (Å²) in [4.78, 5) is 35.9. The van der Waals surface area contributed by atoms with Gasteiger partial charge in [0.15, 0.2) is 0 Å². The van der Waals surface area contributed by atoms with Crippen LogP contribution in [0.1, 0.15) is 10.4 Å². The lowest BCUT2D eigenvalue weighted by Crippen LogP contribution is -2.49. The molecule has 0 bridgehead atoms. The van der Waals surface area contributed by atoms with Crippen LogP contribution in [0.15, 0.2) is 97.5 Å². The predicted molar refractivity (Wildman–Crippen MR) is 141 cm³/mol. The minimum absolute atomic E-state index is 0.00546. The number of carbonyl (C=O) groups is 1. The van der Waals surface area contributed by atoms with Gasteiger partial charge < -0.3 is 9.80 Å². The number of hydrogen-bond acceptors (Lipinski definition) is 6. The standard InChI is InChI=1S/C29H24N6O/c36-29(35-17-15-34(16-18-35)26-20-30-13-14-31-26)23-11-12-24-25(19-23)33-28(22-9-5-2-6-10-22)27(32-24)21-7-3-1-4-8-21/h1-14,19-20H,15-18H2. The molecule has 0 atom stereocenters. The first-order valence-corrected chi connectivity index (χ1v) is 12.0. The van der Waals surface area contributed by atoms with Crippen LogP contribution in [0, 0.1) is 0 Å². The molecule has 1 aliphatic rings. The zero-order valence-corrected chi connectivity index (χ0v) is 19.7. The fourth-order valence-corrected chi connectivity index (χ4v) is 4.56. The highest BCUT2D eigenvalue weighted by atomic mass is 16.2. The van der Waals surface area contributed by atoms with Crippen molar-refractivity contribution in [3.05, 3.63) is 103 Å². The minimum atomic E-state index is 0.00546. The quantitative estimate of drug-likeness (QED) is 0.377. The summed E-state index contributed by atoms with van der Waals surface area (Å²) >= 11 is 0. The zero-order chi connectivity index (χ0) is 24.3. The van der Waals surface area contributed by atoms with E-state index < -0.39 is 0 Å². The van der Waals surface area contributed by atoms with Crippen LogP contribution >= 0.6 is 0 Å². The molecule has 3 aromatic carbocycles. The van der Waals surface area contributed by atoms with E-state index >= 15 is 0 Å². The van der Waals surface area contributed by atoms with Gasteiger partial charge in [0.2, 0.25) is 0 Å². The minimum Gasteiger partial charge on any atom is -0.352 e. The molecule has 6 rings (SSSR count). The number of rotatable bonds is 4. The lowest BCUT2D eigenvalue weighted by molar-refractivity contribution is 0.0746. The molecule has 0 saturated carbocycles. The Balaban J connectivity index is 1.31. The van der Waals surface area contributed by atoms with E-state index in [9.17, 15) is 4.79 Å². The normalized spacial score (nSPS) is 13.7. The second kappa shape index (κ2) is 9.54. The predicted octanol–water partition coefficient (Wildman–Crippen LogP) is 4.72. The van der Waals surface area contributed by atoms with Gasteiger partial charge in [0.25, 0.3) is 5.91 Å². The van der Waals surface area contributed by atoms with Crippen LogP contribution in [0.2, 0.25) is 0 Å². The molecule has 1 aliphatic heterocycles. The van der Waals surface area contributed by atoms with Gasteiger partial charge >= 0.3 is 0 Å². The molecule has 0 radical (unpaired) electrons. The lowest BCUT2D eigenvalue weighted by Gasteiger charge is -2.35. The highest BCUT2D eigenvalue weighted by Crippen LogP contribution is 2.31. The van der Waals surface area contributed by atoms with E-state index in [1.54, 1.807) is 18.6 Å². The fraction of sp³-hybridized carbons (Fsp3) is 0.138. The van der Waals surface area contributed by atoms with Gasteiger partial charge in [-0.05, 0) is 18.2 Å². The largest absolute Gasteiger partial charge is 0.352 e. The van der Waals surface area contributed by atoms with Gasteiger partial charge in [0, 0.05) is 55.3 Å². The first-order valence-electron chi connectivity index (χ1n) is 12.0. The van der Waals surface area contributed by atoms with E-state index in [0.717, 1.165) is 46.9 Å². The van der Waals surface area contributed by atoms with Crippen molar-refractivity contribution in [2.75, 3.05) is 31.1 Å². The van der Waals surface area contributed by atoms with Crippen molar-refractivity contribution in [3.63, 3.8) is 0 Å². The maximum absolute atomic E-state index is 13.4. The molecule has 1 fully saturated rings. The number of carbonyl (C=O) groups excluding carboxylic acids is 1. The third-order valence-electron chi connectivity index (χ3n) is 6.45. The average Bonchev–Trinajstić information content (AvgIpc) is 2.97. The number of fused-ring (bicyclic) bond motifs is 1. The summed E-state index contributed by atoms with van der Waals surface area (Å²) in [7, 11) is 0. The number of anilines is 1. The van der Waals surface area contributed by atoms with Gasteiger partial charge in [-0.3, -0.25) is 9.78 Å². The third kappa shape index (κ3) is 4.27. The molecule has 0 spiro atoms. The molecular formula is C29H24N6O. The molecule has 2 aromatic heterocycles. The highest BCUT2D eigenvalue weighted by molar-refractivity contribution is 5.98. The summed E-state index contributed by atoms with van der Waals surface area (Å²) in [6, 6.07) is 25.7. The third-order valence-corrected chi connectivity index (χ3v) is 6.45. The fourth-order valence-electron chi connectivity index (χ4n) is 4.56. The molecule has 1 saturated heterocycles. The number of aromatic nitrogens is 4. The van der Waals surface area contributed by atoms with Crippen molar-refractivity contribution in [3.8, 4) is 22.5 Å². The van der Waals surface area contributed by atoms with E-state index in [1.807, 2.05) is 83.8 Å². The molecular weight excluding hydrogens is 448 g/mol. The molecule has 7 nitrogen and oxygen atoms in total. The smallest absolute Gasteiger partial charge is 0.254 e. The maximum Gasteiger partial charge on any atom is 0.254 e. The molecule has 3 heterocycles. The molecule has 0 aliphatic carbocycles. The van der Waals surface area contributed by atoms with Gasteiger partial charge in [-0.15, -0.1) is 0 Å². The van der Waals surface area contributed by atoms with Crippen LogP contribution in [0.3, 0.4) is 0 Å². The van der Waals surface area contributed by atoms with Crippen LogP contribution in [0.5, 0.6) is 0 Å². The summed E-state index contributed by atoms with van der Waals surface area (Å²) in [6.45, 7) is 2.69. The average molecular weight is 473 g/mol. The first kappa shape index (κ1) is 21.9. The Hall–Kier alpha value is -4.65. The topological polar surface area (TPSA) is 75.1 Å². The Morgan fingerprint density at radius 2 is 1.33 bits per heavy atom. The van der Waals surface area contributed by atoms with Crippen molar-refractivity contribution in [2.45, 2.75) is 0 Å². The molecule has 1 amide bonds. The first-order chi connectivity index (χ1) is 17.8. The van der Waals surface area contributed by atoms with Gasteiger partial charge in [-0.2, -0.15) is 0 Å².